The zero-order valence-corrected chi connectivity index (χ0v) is 12.7. The Balaban J connectivity index is 1.96. The summed E-state index contributed by atoms with van der Waals surface area (Å²) in [4.78, 5) is 12.8. The van der Waals surface area contributed by atoms with Crippen LogP contribution in [0.5, 0.6) is 0 Å². The van der Waals surface area contributed by atoms with Gasteiger partial charge in [-0.25, -0.2) is 0 Å². The van der Waals surface area contributed by atoms with Gasteiger partial charge in [-0.1, -0.05) is 0 Å². The van der Waals surface area contributed by atoms with E-state index in [9.17, 15) is 4.79 Å². The lowest BCUT2D eigenvalue weighted by Crippen LogP contribution is -2.46. The molecule has 1 saturated heterocycles. The summed E-state index contributed by atoms with van der Waals surface area (Å²) in [6.45, 7) is 0. The number of thioether (sulfide) groups is 1. The van der Waals surface area contributed by atoms with Crippen LogP contribution in [0.3, 0.4) is 0 Å². The molecule has 6 heteroatoms. The summed E-state index contributed by atoms with van der Waals surface area (Å²) in [5, 5.41) is 13.9. The molecule has 0 aromatic carbocycles. The Morgan fingerprint density at radius 1 is 1.67 bits per heavy atom. The number of nitriles is 1. The minimum atomic E-state index is -0.678. The minimum absolute atomic E-state index is 0.205. The fourth-order valence-corrected chi connectivity index (χ4v) is 4.23. The predicted octanol–water partition coefficient (Wildman–Crippen LogP) is 3.04. The van der Waals surface area contributed by atoms with Gasteiger partial charge in [0, 0.05) is 26.6 Å². The Labute approximate surface area is 122 Å². The van der Waals surface area contributed by atoms with Crippen molar-refractivity contribution < 1.29 is 4.79 Å². The van der Waals surface area contributed by atoms with Crippen LogP contribution in [0.15, 0.2) is 22.0 Å². The number of carbonyl (C=O) groups is 1. The molecule has 1 atom stereocenters. The minimum Gasteiger partial charge on any atom is -0.333 e. The fraction of sp³-hybridized carbons (Fsp3) is 0.333. The number of halogens is 1. The van der Waals surface area contributed by atoms with Crippen molar-refractivity contribution in [3.05, 3.63) is 26.9 Å². The summed E-state index contributed by atoms with van der Waals surface area (Å²) < 4.78 is 1.01. The average Bonchev–Trinajstić information content (AvgIpc) is 2.97. The highest BCUT2D eigenvalue weighted by Crippen LogP contribution is 2.27. The molecule has 1 amide bonds. The van der Waals surface area contributed by atoms with Crippen molar-refractivity contribution >= 4 is 51.0 Å². The Hall–Kier alpha value is -0.770. The molecule has 1 aliphatic rings. The molecule has 1 aromatic rings. The average molecular weight is 343 g/mol. The van der Waals surface area contributed by atoms with Crippen LogP contribution in [0, 0.1) is 11.3 Å². The van der Waals surface area contributed by atoms with Gasteiger partial charge in [0.05, 0.1) is 6.07 Å². The first-order chi connectivity index (χ1) is 8.63. The number of hydrogen-bond acceptors (Lipinski definition) is 4. The highest BCUT2D eigenvalue weighted by atomic mass is 79.9. The molecular formula is C12H11BrN2OS2. The maximum atomic E-state index is 11.8. The molecule has 18 heavy (non-hydrogen) atoms. The van der Waals surface area contributed by atoms with Crippen molar-refractivity contribution in [1.82, 2.24) is 5.32 Å². The van der Waals surface area contributed by atoms with Crippen LogP contribution >= 0.6 is 39.0 Å². The second-order valence-electron chi connectivity index (χ2n) is 3.99. The van der Waals surface area contributed by atoms with E-state index < -0.39 is 5.54 Å². The van der Waals surface area contributed by atoms with Crippen LogP contribution in [-0.4, -0.2) is 23.0 Å². The van der Waals surface area contributed by atoms with Gasteiger partial charge in [-0.3, -0.25) is 4.79 Å². The summed E-state index contributed by atoms with van der Waals surface area (Å²) in [6.07, 6.45) is 3.97. The molecule has 1 aliphatic heterocycles. The lowest BCUT2D eigenvalue weighted by molar-refractivity contribution is -0.117. The van der Waals surface area contributed by atoms with E-state index >= 15 is 0 Å². The van der Waals surface area contributed by atoms with E-state index in [0.717, 1.165) is 21.5 Å². The van der Waals surface area contributed by atoms with E-state index in [-0.39, 0.29) is 5.91 Å². The zero-order chi connectivity index (χ0) is 13.0. The van der Waals surface area contributed by atoms with Crippen LogP contribution in [0.2, 0.25) is 0 Å². The van der Waals surface area contributed by atoms with Gasteiger partial charge in [-0.2, -0.15) is 17.0 Å². The van der Waals surface area contributed by atoms with Crippen LogP contribution in [0.1, 0.15) is 11.3 Å². The van der Waals surface area contributed by atoms with Gasteiger partial charge in [-0.15, -0.1) is 11.3 Å². The first-order valence-corrected chi connectivity index (χ1v) is 8.20. The summed E-state index contributed by atoms with van der Waals surface area (Å²) >= 11 is 6.62. The van der Waals surface area contributed by atoms with Crippen LogP contribution < -0.4 is 5.32 Å². The van der Waals surface area contributed by atoms with Gasteiger partial charge >= 0.3 is 0 Å². The Morgan fingerprint density at radius 2 is 2.50 bits per heavy atom. The maximum Gasteiger partial charge on any atom is 0.245 e. The van der Waals surface area contributed by atoms with Crippen molar-refractivity contribution in [3.8, 4) is 6.07 Å². The van der Waals surface area contributed by atoms with Crippen molar-refractivity contribution in [1.29, 1.82) is 5.26 Å². The molecule has 1 N–H and O–H groups in total. The van der Waals surface area contributed by atoms with E-state index in [0.29, 0.717) is 5.75 Å². The molecule has 1 aromatic heterocycles. The largest absolute Gasteiger partial charge is 0.333 e. The molecule has 2 heterocycles. The van der Waals surface area contributed by atoms with Crippen molar-refractivity contribution in [2.45, 2.75) is 12.0 Å². The summed E-state index contributed by atoms with van der Waals surface area (Å²) in [7, 11) is 0. The number of rotatable bonds is 3. The lowest BCUT2D eigenvalue weighted by atomic mass is 10.0. The molecular weight excluding hydrogens is 332 g/mol. The summed E-state index contributed by atoms with van der Waals surface area (Å²) in [5.74, 6) is 1.40. The van der Waals surface area contributed by atoms with Crippen molar-refractivity contribution in [2.75, 3.05) is 11.5 Å². The number of amides is 1. The van der Waals surface area contributed by atoms with Crippen molar-refractivity contribution in [3.63, 3.8) is 0 Å². The number of hydrogen-bond donors (Lipinski definition) is 1. The second kappa shape index (κ2) is 5.91. The number of nitrogens with one attached hydrogen (secondary N) is 1. The Bertz CT molecular complexity index is 512. The first-order valence-electron chi connectivity index (χ1n) is 5.37. The fourth-order valence-electron chi connectivity index (χ4n) is 1.63. The molecule has 1 unspecified atom stereocenters. The third kappa shape index (κ3) is 3.37. The summed E-state index contributed by atoms with van der Waals surface area (Å²) in [5.41, 5.74) is -0.678. The van der Waals surface area contributed by atoms with Gasteiger partial charge in [0.2, 0.25) is 5.91 Å². The van der Waals surface area contributed by atoms with Crippen LogP contribution in [0.25, 0.3) is 6.08 Å². The SMILES string of the molecule is N#CC1(NC(=O)C=Cc2cc(Br)cs2)CCSC1. The Morgan fingerprint density at radius 3 is 3.06 bits per heavy atom. The molecule has 0 saturated carbocycles. The number of nitrogens with zero attached hydrogens (tertiary/aromatic N) is 1. The molecule has 0 aliphatic carbocycles. The highest BCUT2D eigenvalue weighted by molar-refractivity contribution is 9.10. The second-order valence-corrected chi connectivity index (χ2v) is 6.95. The van der Waals surface area contributed by atoms with E-state index in [4.69, 9.17) is 5.26 Å². The van der Waals surface area contributed by atoms with E-state index in [1.54, 1.807) is 29.2 Å². The van der Waals surface area contributed by atoms with Gasteiger partial charge in [0.25, 0.3) is 0 Å². The van der Waals surface area contributed by atoms with Crippen molar-refractivity contribution in [2.24, 2.45) is 0 Å². The highest BCUT2D eigenvalue weighted by Gasteiger charge is 2.35. The monoisotopic (exact) mass is 342 g/mol. The van der Waals surface area contributed by atoms with E-state index in [1.165, 1.54) is 6.08 Å². The van der Waals surface area contributed by atoms with Gasteiger partial charge in [0.1, 0.15) is 5.54 Å². The zero-order valence-electron chi connectivity index (χ0n) is 9.48. The molecule has 0 spiro atoms. The molecule has 0 bridgehead atoms. The quantitative estimate of drug-likeness (QED) is 0.859. The Kier molecular flexibility index (Phi) is 4.49. The standard InChI is InChI=1S/C12H11BrN2OS2/c13-9-5-10(18-6-9)1-2-11(16)15-12(7-14)3-4-17-8-12/h1-2,5-6H,3-4,8H2,(H,15,16). The third-order valence-electron chi connectivity index (χ3n) is 2.58. The van der Waals surface area contributed by atoms with Crippen LogP contribution in [-0.2, 0) is 4.79 Å². The normalized spacial score (nSPS) is 23.1. The van der Waals surface area contributed by atoms with E-state index in [1.807, 2.05) is 11.4 Å². The predicted molar refractivity (Wildman–Crippen MR) is 79.5 cm³/mol. The number of thiophene rings is 1. The van der Waals surface area contributed by atoms with Gasteiger partial charge < -0.3 is 5.32 Å². The van der Waals surface area contributed by atoms with Gasteiger partial charge in [0.15, 0.2) is 0 Å². The molecule has 0 radical (unpaired) electrons. The molecule has 1 fully saturated rings. The molecule has 2 rings (SSSR count). The lowest BCUT2D eigenvalue weighted by Gasteiger charge is -2.19. The number of carbonyl (C=O) groups excluding carboxylic acids is 1. The topological polar surface area (TPSA) is 52.9 Å². The molecule has 94 valence electrons. The third-order valence-corrected chi connectivity index (χ3v) is 5.43. The van der Waals surface area contributed by atoms with Gasteiger partial charge in [-0.05, 0) is 40.2 Å². The first kappa shape index (κ1) is 13.7. The maximum absolute atomic E-state index is 11.8. The molecule has 3 nitrogen and oxygen atoms in total. The summed E-state index contributed by atoms with van der Waals surface area (Å²) in [6, 6.07) is 4.16. The van der Waals surface area contributed by atoms with Crippen LogP contribution in [0.4, 0.5) is 0 Å². The smallest absolute Gasteiger partial charge is 0.245 e. The van der Waals surface area contributed by atoms with E-state index in [2.05, 4.69) is 27.3 Å².